The Balaban J connectivity index is 1.22. The number of aromatic nitrogens is 4. The molecule has 1 aliphatic heterocycles. The standard InChI is InChI=1S/C19H19N5O2/c1-2-4-16-15(3-1)20-17(21-16)11-24-8-5-13(6-9-24)18-22-23-19(26-18)14-7-10-25-12-14/h1-4,7,10,12-13H,5-6,8-9,11H2,(H,20,21). The number of furan rings is 1. The Labute approximate surface area is 150 Å². The molecule has 132 valence electrons. The minimum Gasteiger partial charge on any atom is -0.472 e. The van der Waals surface area contributed by atoms with E-state index < -0.39 is 0 Å². The molecule has 0 saturated carbocycles. The number of rotatable bonds is 4. The minimum absolute atomic E-state index is 0.315. The van der Waals surface area contributed by atoms with Gasteiger partial charge in [0.25, 0.3) is 5.89 Å². The van der Waals surface area contributed by atoms with E-state index in [0.717, 1.165) is 60.8 Å². The van der Waals surface area contributed by atoms with Gasteiger partial charge in [-0.3, -0.25) is 4.90 Å². The van der Waals surface area contributed by atoms with Crippen LogP contribution >= 0.6 is 0 Å². The molecule has 0 aliphatic carbocycles. The fourth-order valence-electron chi connectivity index (χ4n) is 3.53. The van der Waals surface area contributed by atoms with Crippen LogP contribution in [0.3, 0.4) is 0 Å². The number of hydrogen-bond acceptors (Lipinski definition) is 6. The summed E-state index contributed by atoms with van der Waals surface area (Å²) < 4.78 is 10.9. The van der Waals surface area contributed by atoms with Crippen molar-refractivity contribution in [2.45, 2.75) is 25.3 Å². The first-order chi connectivity index (χ1) is 12.8. The number of nitrogens with one attached hydrogen (secondary N) is 1. The second-order valence-electron chi connectivity index (χ2n) is 6.71. The lowest BCUT2D eigenvalue weighted by molar-refractivity contribution is 0.190. The van der Waals surface area contributed by atoms with Crippen molar-refractivity contribution in [1.29, 1.82) is 0 Å². The molecule has 1 aliphatic rings. The van der Waals surface area contributed by atoms with Gasteiger partial charge in [0.1, 0.15) is 12.1 Å². The number of hydrogen-bond donors (Lipinski definition) is 1. The summed E-state index contributed by atoms with van der Waals surface area (Å²) in [5.74, 6) is 2.59. The molecule has 0 bridgehead atoms. The zero-order chi connectivity index (χ0) is 17.3. The molecule has 1 fully saturated rings. The van der Waals surface area contributed by atoms with E-state index in [2.05, 4.69) is 31.1 Å². The molecule has 1 N–H and O–H groups in total. The van der Waals surface area contributed by atoms with Crippen LogP contribution in [0.5, 0.6) is 0 Å². The van der Waals surface area contributed by atoms with Crippen molar-refractivity contribution < 1.29 is 8.83 Å². The third-order valence-corrected chi connectivity index (χ3v) is 4.96. The highest BCUT2D eigenvalue weighted by atomic mass is 16.4. The number of fused-ring (bicyclic) bond motifs is 1. The molecule has 4 heterocycles. The average Bonchev–Trinajstić information content (AvgIpc) is 3.41. The first-order valence-electron chi connectivity index (χ1n) is 8.87. The van der Waals surface area contributed by atoms with Crippen molar-refractivity contribution in [3.63, 3.8) is 0 Å². The second-order valence-corrected chi connectivity index (χ2v) is 6.71. The van der Waals surface area contributed by atoms with Gasteiger partial charge in [-0.05, 0) is 44.1 Å². The second kappa shape index (κ2) is 6.42. The average molecular weight is 349 g/mol. The molecule has 0 radical (unpaired) electrons. The van der Waals surface area contributed by atoms with E-state index in [4.69, 9.17) is 8.83 Å². The van der Waals surface area contributed by atoms with E-state index in [-0.39, 0.29) is 0 Å². The highest BCUT2D eigenvalue weighted by Gasteiger charge is 2.26. The van der Waals surface area contributed by atoms with Crippen LogP contribution in [-0.4, -0.2) is 38.2 Å². The van der Waals surface area contributed by atoms with Gasteiger partial charge in [-0.25, -0.2) is 4.98 Å². The van der Waals surface area contributed by atoms with Crippen LogP contribution < -0.4 is 0 Å². The van der Waals surface area contributed by atoms with Gasteiger partial charge in [-0.1, -0.05) is 12.1 Å². The molecule has 1 saturated heterocycles. The fraction of sp³-hybridized carbons (Fsp3) is 0.316. The lowest BCUT2D eigenvalue weighted by Crippen LogP contribution is -2.32. The molecule has 4 aromatic rings. The molecular formula is C19H19N5O2. The molecule has 7 heteroatoms. The molecule has 1 aromatic carbocycles. The predicted molar refractivity (Wildman–Crippen MR) is 95.3 cm³/mol. The van der Waals surface area contributed by atoms with E-state index in [9.17, 15) is 0 Å². The maximum absolute atomic E-state index is 5.84. The first kappa shape index (κ1) is 15.3. The summed E-state index contributed by atoms with van der Waals surface area (Å²) in [6.45, 7) is 2.82. The van der Waals surface area contributed by atoms with Crippen LogP contribution in [-0.2, 0) is 6.54 Å². The van der Waals surface area contributed by atoms with Gasteiger partial charge in [0.05, 0.1) is 29.4 Å². The zero-order valence-electron chi connectivity index (χ0n) is 14.3. The quantitative estimate of drug-likeness (QED) is 0.606. The Kier molecular flexibility index (Phi) is 3.79. The lowest BCUT2D eigenvalue weighted by Gasteiger charge is -2.29. The van der Waals surface area contributed by atoms with Gasteiger partial charge in [0.15, 0.2) is 0 Å². The summed E-state index contributed by atoms with van der Waals surface area (Å²) in [4.78, 5) is 10.5. The van der Waals surface area contributed by atoms with Gasteiger partial charge < -0.3 is 13.8 Å². The molecule has 0 unspecified atom stereocenters. The summed E-state index contributed by atoms with van der Waals surface area (Å²) in [6, 6.07) is 9.96. The van der Waals surface area contributed by atoms with Crippen molar-refractivity contribution >= 4 is 11.0 Å². The normalized spacial score (nSPS) is 16.5. The van der Waals surface area contributed by atoms with Crippen LogP contribution in [0.4, 0.5) is 0 Å². The molecule has 0 atom stereocenters. The molecule has 26 heavy (non-hydrogen) atoms. The number of imidazole rings is 1. The van der Waals surface area contributed by atoms with Crippen LogP contribution in [0, 0.1) is 0 Å². The minimum atomic E-state index is 0.315. The number of para-hydroxylation sites is 2. The van der Waals surface area contributed by atoms with Gasteiger partial charge in [0.2, 0.25) is 5.89 Å². The first-order valence-corrected chi connectivity index (χ1v) is 8.87. The largest absolute Gasteiger partial charge is 0.472 e. The third kappa shape index (κ3) is 2.90. The van der Waals surface area contributed by atoms with E-state index in [0.29, 0.717) is 11.8 Å². The fourth-order valence-corrected chi connectivity index (χ4v) is 3.53. The number of likely N-dealkylation sites (tertiary alicyclic amines) is 1. The maximum Gasteiger partial charge on any atom is 0.250 e. The number of H-pyrrole nitrogens is 1. The smallest absolute Gasteiger partial charge is 0.250 e. The van der Waals surface area contributed by atoms with Gasteiger partial charge in [0, 0.05) is 5.92 Å². The topological polar surface area (TPSA) is 84.0 Å². The highest BCUT2D eigenvalue weighted by molar-refractivity contribution is 5.74. The third-order valence-electron chi connectivity index (χ3n) is 4.96. The van der Waals surface area contributed by atoms with Gasteiger partial charge in [-0.15, -0.1) is 10.2 Å². The molecule has 0 spiro atoms. The lowest BCUT2D eigenvalue weighted by atomic mass is 9.97. The number of nitrogens with zero attached hydrogens (tertiary/aromatic N) is 4. The Morgan fingerprint density at radius 1 is 1.12 bits per heavy atom. The Hall–Kier alpha value is -2.93. The molecule has 7 nitrogen and oxygen atoms in total. The Bertz CT molecular complexity index is 963. The molecule has 5 rings (SSSR count). The number of aromatic amines is 1. The van der Waals surface area contributed by atoms with Gasteiger partial charge in [-0.2, -0.15) is 0 Å². The van der Waals surface area contributed by atoms with Crippen molar-refractivity contribution in [3.8, 4) is 11.5 Å². The summed E-state index contributed by atoms with van der Waals surface area (Å²) >= 11 is 0. The van der Waals surface area contributed by atoms with Crippen molar-refractivity contribution in [2.75, 3.05) is 13.1 Å². The van der Waals surface area contributed by atoms with E-state index in [1.165, 1.54) is 0 Å². The SMILES string of the molecule is c1ccc2[nH]c(CN3CCC(c4nnc(-c5ccoc5)o4)CC3)nc2c1. The van der Waals surface area contributed by atoms with Crippen molar-refractivity contribution in [3.05, 3.63) is 54.6 Å². The summed E-state index contributed by atoms with van der Waals surface area (Å²) in [5.41, 5.74) is 2.94. The van der Waals surface area contributed by atoms with Crippen LogP contribution in [0.2, 0.25) is 0 Å². The molecule has 3 aromatic heterocycles. The Morgan fingerprint density at radius 2 is 2.00 bits per heavy atom. The zero-order valence-corrected chi connectivity index (χ0v) is 14.3. The van der Waals surface area contributed by atoms with E-state index in [1.807, 2.05) is 24.3 Å². The highest BCUT2D eigenvalue weighted by Crippen LogP contribution is 2.30. The number of benzene rings is 1. The molecule has 0 amide bonds. The van der Waals surface area contributed by atoms with Crippen LogP contribution in [0.15, 0.2) is 51.7 Å². The number of piperidine rings is 1. The van der Waals surface area contributed by atoms with Gasteiger partial charge >= 0.3 is 0 Å². The van der Waals surface area contributed by atoms with E-state index >= 15 is 0 Å². The van der Waals surface area contributed by atoms with Crippen LogP contribution in [0.25, 0.3) is 22.5 Å². The Morgan fingerprint density at radius 3 is 2.81 bits per heavy atom. The monoisotopic (exact) mass is 349 g/mol. The van der Waals surface area contributed by atoms with Crippen molar-refractivity contribution in [2.24, 2.45) is 0 Å². The summed E-state index contributed by atoms with van der Waals surface area (Å²) in [6.07, 6.45) is 5.24. The van der Waals surface area contributed by atoms with E-state index in [1.54, 1.807) is 12.5 Å². The van der Waals surface area contributed by atoms with Crippen LogP contribution in [0.1, 0.15) is 30.5 Å². The summed E-state index contributed by atoms with van der Waals surface area (Å²) in [7, 11) is 0. The summed E-state index contributed by atoms with van der Waals surface area (Å²) in [5, 5.41) is 8.38. The van der Waals surface area contributed by atoms with Crippen molar-refractivity contribution in [1.82, 2.24) is 25.1 Å². The predicted octanol–water partition coefficient (Wildman–Crippen LogP) is 3.59. The maximum atomic E-state index is 5.84. The molecular weight excluding hydrogens is 330 g/mol.